The first-order valence-corrected chi connectivity index (χ1v) is 6.68. The molecule has 0 aromatic heterocycles. The first-order chi connectivity index (χ1) is 7.50. The molecule has 1 saturated heterocycles. The number of likely N-dealkylation sites (tertiary alicyclic amines) is 1. The molecule has 3 heteroatoms. The third kappa shape index (κ3) is 4.40. The summed E-state index contributed by atoms with van der Waals surface area (Å²) in [6.45, 7) is 13.9. The molecular formula is C13H29N3. The maximum atomic E-state index is 3.67. The van der Waals surface area contributed by atoms with E-state index in [0.29, 0.717) is 18.1 Å². The van der Waals surface area contributed by atoms with E-state index in [0.717, 1.165) is 13.1 Å². The summed E-state index contributed by atoms with van der Waals surface area (Å²) in [5, 5.41) is 3.67. The van der Waals surface area contributed by atoms with Crippen molar-refractivity contribution < 1.29 is 0 Å². The monoisotopic (exact) mass is 227 g/mol. The molecule has 1 atom stereocenters. The zero-order valence-corrected chi connectivity index (χ0v) is 11.7. The second-order valence-corrected chi connectivity index (χ2v) is 5.63. The third-order valence-electron chi connectivity index (χ3n) is 3.52. The maximum absolute atomic E-state index is 3.67. The fourth-order valence-corrected chi connectivity index (χ4v) is 2.61. The number of likely N-dealkylation sites (N-methyl/N-ethyl adjacent to an activating group) is 1. The molecule has 1 aliphatic rings. The Balaban J connectivity index is 2.18. The van der Waals surface area contributed by atoms with Crippen molar-refractivity contribution in [1.82, 2.24) is 15.1 Å². The van der Waals surface area contributed by atoms with Crippen LogP contribution in [-0.2, 0) is 0 Å². The van der Waals surface area contributed by atoms with Gasteiger partial charge in [0.2, 0.25) is 0 Å². The average Bonchev–Trinajstić information content (AvgIpc) is 2.57. The first-order valence-electron chi connectivity index (χ1n) is 6.68. The molecule has 0 saturated carbocycles. The van der Waals surface area contributed by atoms with Gasteiger partial charge in [0, 0.05) is 37.8 Å². The number of hydrogen-bond donors (Lipinski definition) is 1. The highest BCUT2D eigenvalue weighted by atomic mass is 15.2. The Morgan fingerprint density at radius 1 is 1.25 bits per heavy atom. The summed E-state index contributed by atoms with van der Waals surface area (Å²) < 4.78 is 0. The van der Waals surface area contributed by atoms with Crippen LogP contribution >= 0.6 is 0 Å². The van der Waals surface area contributed by atoms with Crippen molar-refractivity contribution in [3.8, 4) is 0 Å². The van der Waals surface area contributed by atoms with E-state index in [2.05, 4.69) is 49.9 Å². The summed E-state index contributed by atoms with van der Waals surface area (Å²) in [5.74, 6) is 0. The van der Waals surface area contributed by atoms with E-state index in [-0.39, 0.29) is 0 Å². The summed E-state index contributed by atoms with van der Waals surface area (Å²) >= 11 is 0. The molecular weight excluding hydrogens is 198 g/mol. The van der Waals surface area contributed by atoms with Crippen LogP contribution in [0.2, 0.25) is 0 Å². The van der Waals surface area contributed by atoms with Gasteiger partial charge in [0.05, 0.1) is 0 Å². The van der Waals surface area contributed by atoms with Crippen LogP contribution in [0.15, 0.2) is 0 Å². The molecule has 0 bridgehead atoms. The fraction of sp³-hybridized carbons (Fsp3) is 1.00. The van der Waals surface area contributed by atoms with E-state index < -0.39 is 0 Å². The van der Waals surface area contributed by atoms with Crippen molar-refractivity contribution in [2.45, 2.75) is 52.2 Å². The van der Waals surface area contributed by atoms with Crippen LogP contribution in [0.25, 0.3) is 0 Å². The molecule has 1 rings (SSSR count). The lowest BCUT2D eigenvalue weighted by molar-refractivity contribution is 0.174. The van der Waals surface area contributed by atoms with Crippen molar-refractivity contribution >= 4 is 0 Å². The Hall–Kier alpha value is -0.120. The molecule has 3 nitrogen and oxygen atoms in total. The lowest BCUT2D eigenvalue weighted by Gasteiger charge is -2.31. The van der Waals surface area contributed by atoms with Crippen molar-refractivity contribution in [1.29, 1.82) is 0 Å². The number of rotatable bonds is 6. The van der Waals surface area contributed by atoms with Gasteiger partial charge in [-0.1, -0.05) is 0 Å². The SMILES string of the molecule is CC(C)N(CCN[C@@H]1CCN(C)C1)C(C)C. The van der Waals surface area contributed by atoms with Crippen molar-refractivity contribution in [3.05, 3.63) is 0 Å². The standard InChI is InChI=1S/C13H29N3/c1-11(2)16(12(3)4)9-7-14-13-6-8-15(5)10-13/h11-14H,6-10H2,1-5H3/t13-/m1/s1. The van der Waals surface area contributed by atoms with Crippen LogP contribution in [0.5, 0.6) is 0 Å². The van der Waals surface area contributed by atoms with Crippen LogP contribution in [0.4, 0.5) is 0 Å². The highest BCUT2D eigenvalue weighted by Crippen LogP contribution is 2.07. The molecule has 16 heavy (non-hydrogen) atoms. The second-order valence-electron chi connectivity index (χ2n) is 5.63. The minimum Gasteiger partial charge on any atom is -0.311 e. The molecule has 0 aliphatic carbocycles. The van der Waals surface area contributed by atoms with Gasteiger partial charge in [0.15, 0.2) is 0 Å². The summed E-state index contributed by atoms with van der Waals surface area (Å²) in [6.07, 6.45) is 1.31. The van der Waals surface area contributed by atoms with Gasteiger partial charge in [0.1, 0.15) is 0 Å². The molecule has 0 spiro atoms. The van der Waals surface area contributed by atoms with E-state index in [9.17, 15) is 0 Å². The van der Waals surface area contributed by atoms with Gasteiger partial charge >= 0.3 is 0 Å². The van der Waals surface area contributed by atoms with Crippen LogP contribution in [0, 0.1) is 0 Å². The highest BCUT2D eigenvalue weighted by molar-refractivity contribution is 4.79. The third-order valence-corrected chi connectivity index (χ3v) is 3.52. The van der Waals surface area contributed by atoms with Crippen LogP contribution < -0.4 is 5.32 Å². The van der Waals surface area contributed by atoms with Gasteiger partial charge < -0.3 is 10.2 Å². The van der Waals surface area contributed by atoms with Gasteiger partial charge in [-0.05, 0) is 47.7 Å². The van der Waals surface area contributed by atoms with E-state index >= 15 is 0 Å². The van der Waals surface area contributed by atoms with Gasteiger partial charge in [-0.2, -0.15) is 0 Å². The Bertz CT molecular complexity index is 184. The first kappa shape index (κ1) is 13.9. The Morgan fingerprint density at radius 3 is 2.31 bits per heavy atom. The van der Waals surface area contributed by atoms with E-state index in [1.54, 1.807) is 0 Å². The predicted molar refractivity (Wildman–Crippen MR) is 70.9 cm³/mol. The van der Waals surface area contributed by atoms with Crippen molar-refractivity contribution in [2.75, 3.05) is 33.2 Å². The second kappa shape index (κ2) is 6.58. The summed E-state index contributed by atoms with van der Waals surface area (Å²) in [5.41, 5.74) is 0. The number of nitrogens with one attached hydrogen (secondary N) is 1. The molecule has 0 aromatic carbocycles. The van der Waals surface area contributed by atoms with Gasteiger partial charge in [-0.25, -0.2) is 0 Å². The Morgan fingerprint density at radius 2 is 1.88 bits per heavy atom. The summed E-state index contributed by atoms with van der Waals surface area (Å²) in [4.78, 5) is 4.95. The molecule has 0 unspecified atom stereocenters. The largest absolute Gasteiger partial charge is 0.311 e. The molecule has 1 fully saturated rings. The fourth-order valence-electron chi connectivity index (χ4n) is 2.61. The lowest BCUT2D eigenvalue weighted by atomic mass is 10.2. The zero-order valence-electron chi connectivity index (χ0n) is 11.7. The zero-order chi connectivity index (χ0) is 12.1. The number of nitrogens with zero attached hydrogens (tertiary/aromatic N) is 2. The topological polar surface area (TPSA) is 18.5 Å². The van der Waals surface area contributed by atoms with E-state index in [1.165, 1.54) is 19.5 Å². The molecule has 1 aliphatic heterocycles. The molecule has 96 valence electrons. The van der Waals surface area contributed by atoms with E-state index in [1.807, 2.05) is 0 Å². The van der Waals surface area contributed by atoms with Crippen LogP contribution in [0.3, 0.4) is 0 Å². The van der Waals surface area contributed by atoms with Gasteiger partial charge in [-0.3, -0.25) is 4.90 Å². The van der Waals surface area contributed by atoms with Crippen LogP contribution in [0.1, 0.15) is 34.1 Å². The normalized spacial score (nSPS) is 22.9. The summed E-state index contributed by atoms with van der Waals surface area (Å²) in [6, 6.07) is 2.01. The molecule has 0 aromatic rings. The molecule has 0 amide bonds. The Labute approximate surface area is 101 Å². The molecule has 1 heterocycles. The lowest BCUT2D eigenvalue weighted by Crippen LogP contribution is -2.43. The average molecular weight is 227 g/mol. The van der Waals surface area contributed by atoms with E-state index in [4.69, 9.17) is 0 Å². The smallest absolute Gasteiger partial charge is 0.0207 e. The number of hydrogen-bond acceptors (Lipinski definition) is 3. The van der Waals surface area contributed by atoms with Crippen molar-refractivity contribution in [3.63, 3.8) is 0 Å². The predicted octanol–water partition coefficient (Wildman–Crippen LogP) is 1.40. The van der Waals surface area contributed by atoms with Gasteiger partial charge in [-0.15, -0.1) is 0 Å². The van der Waals surface area contributed by atoms with Gasteiger partial charge in [0.25, 0.3) is 0 Å². The quantitative estimate of drug-likeness (QED) is 0.740. The summed E-state index contributed by atoms with van der Waals surface area (Å²) in [7, 11) is 2.20. The molecule has 0 radical (unpaired) electrons. The highest BCUT2D eigenvalue weighted by Gasteiger charge is 2.19. The van der Waals surface area contributed by atoms with Crippen molar-refractivity contribution in [2.24, 2.45) is 0 Å². The minimum absolute atomic E-state index is 0.646. The van der Waals surface area contributed by atoms with Crippen LogP contribution in [-0.4, -0.2) is 61.2 Å². The minimum atomic E-state index is 0.646. The maximum Gasteiger partial charge on any atom is 0.0207 e. The molecule has 1 N–H and O–H groups in total. The Kier molecular flexibility index (Phi) is 5.73.